The minimum Gasteiger partial charge on any atom is -0.398 e. The van der Waals surface area contributed by atoms with Crippen molar-refractivity contribution in [3.63, 3.8) is 0 Å². The Morgan fingerprint density at radius 3 is 2.14 bits per heavy atom. The highest BCUT2D eigenvalue weighted by atomic mass is 19.1. The zero-order valence-electron chi connectivity index (χ0n) is 13.8. The van der Waals surface area contributed by atoms with Crippen molar-refractivity contribution in [2.45, 2.75) is 58.2 Å². The minimum atomic E-state index is -0.907. The Labute approximate surface area is 126 Å². The quantitative estimate of drug-likeness (QED) is 0.752. The second-order valence-corrected chi connectivity index (χ2v) is 7.31. The summed E-state index contributed by atoms with van der Waals surface area (Å²) in [5, 5.41) is 0. The van der Waals surface area contributed by atoms with Crippen LogP contribution in [0.4, 0.5) is 4.39 Å². The van der Waals surface area contributed by atoms with Gasteiger partial charge in [-0.15, -0.1) is 0 Å². The predicted octanol–water partition coefficient (Wildman–Crippen LogP) is 2.73. The summed E-state index contributed by atoms with van der Waals surface area (Å²) in [6, 6.07) is 0. The van der Waals surface area contributed by atoms with E-state index in [4.69, 9.17) is 9.31 Å². The van der Waals surface area contributed by atoms with E-state index in [1.54, 1.807) is 19.0 Å². The van der Waals surface area contributed by atoms with E-state index in [0.29, 0.717) is 19.3 Å². The Balaban J connectivity index is 1.94. The van der Waals surface area contributed by atoms with Crippen LogP contribution in [-0.4, -0.2) is 43.2 Å². The third kappa shape index (κ3) is 3.16. The molecular formula is C15H25BFNO3. The first-order valence-electron chi connectivity index (χ1n) is 7.46. The SMILES string of the molecule is CN(C)C(=O)CC1CC(=C(F)B2OC(C)(C)C(C)(C)O2)C1. The number of hydrogen-bond acceptors (Lipinski definition) is 3. The highest BCUT2D eigenvalue weighted by Gasteiger charge is 2.54. The second-order valence-electron chi connectivity index (χ2n) is 7.31. The molecule has 1 aliphatic carbocycles. The molecular weight excluding hydrogens is 272 g/mol. The molecule has 0 N–H and O–H groups in total. The van der Waals surface area contributed by atoms with Gasteiger partial charge in [0.15, 0.2) is 0 Å². The molecule has 0 bridgehead atoms. The van der Waals surface area contributed by atoms with Crippen molar-refractivity contribution in [1.29, 1.82) is 0 Å². The van der Waals surface area contributed by atoms with E-state index < -0.39 is 18.3 Å². The maximum absolute atomic E-state index is 14.4. The molecule has 1 heterocycles. The summed E-state index contributed by atoms with van der Waals surface area (Å²) in [7, 11) is 2.57. The standard InChI is InChI=1S/C15H25BFNO3/c1-14(2)15(3,4)21-16(20-14)13(17)11-7-10(8-11)9-12(19)18(5)6/h10H,7-9H2,1-6H3. The van der Waals surface area contributed by atoms with Crippen LogP contribution in [0.5, 0.6) is 0 Å². The van der Waals surface area contributed by atoms with Crippen LogP contribution in [0, 0.1) is 5.92 Å². The smallest absolute Gasteiger partial charge is 0.398 e. The van der Waals surface area contributed by atoms with Crippen molar-refractivity contribution in [3.8, 4) is 0 Å². The first-order valence-corrected chi connectivity index (χ1v) is 7.46. The number of allylic oxidation sites excluding steroid dienone is 1. The summed E-state index contributed by atoms with van der Waals surface area (Å²) in [5.41, 5.74) is -0.633. The van der Waals surface area contributed by atoms with Crippen LogP contribution < -0.4 is 0 Å². The van der Waals surface area contributed by atoms with Gasteiger partial charge in [0.25, 0.3) is 0 Å². The molecule has 2 fully saturated rings. The van der Waals surface area contributed by atoms with E-state index in [9.17, 15) is 9.18 Å². The summed E-state index contributed by atoms with van der Waals surface area (Å²) >= 11 is 0. The molecule has 0 radical (unpaired) electrons. The first-order chi connectivity index (χ1) is 9.53. The second kappa shape index (κ2) is 5.40. The Morgan fingerprint density at radius 1 is 1.24 bits per heavy atom. The van der Waals surface area contributed by atoms with E-state index in [1.165, 1.54) is 0 Å². The van der Waals surface area contributed by atoms with Crippen molar-refractivity contribution in [3.05, 3.63) is 11.3 Å². The zero-order valence-corrected chi connectivity index (χ0v) is 13.8. The fraction of sp³-hybridized carbons (Fsp3) is 0.800. The maximum atomic E-state index is 14.4. The fourth-order valence-electron chi connectivity index (χ4n) is 2.52. The maximum Gasteiger partial charge on any atom is 0.525 e. The molecule has 0 aromatic carbocycles. The molecule has 0 atom stereocenters. The molecule has 1 aliphatic heterocycles. The van der Waals surface area contributed by atoms with Gasteiger partial charge >= 0.3 is 7.12 Å². The lowest BCUT2D eigenvalue weighted by Crippen LogP contribution is -2.41. The van der Waals surface area contributed by atoms with E-state index in [1.807, 2.05) is 27.7 Å². The molecule has 1 saturated heterocycles. The fourth-order valence-corrected chi connectivity index (χ4v) is 2.52. The summed E-state index contributed by atoms with van der Waals surface area (Å²) in [5.74, 6) is 0.332. The molecule has 21 heavy (non-hydrogen) atoms. The molecule has 0 spiro atoms. The van der Waals surface area contributed by atoms with Crippen LogP contribution in [-0.2, 0) is 14.1 Å². The Kier molecular flexibility index (Phi) is 4.24. The molecule has 2 aliphatic rings. The van der Waals surface area contributed by atoms with Crippen LogP contribution in [0.25, 0.3) is 0 Å². The third-order valence-corrected chi connectivity index (χ3v) is 4.83. The van der Waals surface area contributed by atoms with Gasteiger partial charge in [0, 0.05) is 20.5 Å². The number of carbonyl (C=O) groups is 1. The number of nitrogens with zero attached hydrogens (tertiary/aromatic N) is 1. The number of rotatable bonds is 3. The Hall–Kier alpha value is -0.875. The molecule has 1 saturated carbocycles. The predicted molar refractivity (Wildman–Crippen MR) is 80.3 cm³/mol. The van der Waals surface area contributed by atoms with Gasteiger partial charge in [-0.2, -0.15) is 0 Å². The average Bonchev–Trinajstić information content (AvgIpc) is 2.51. The monoisotopic (exact) mass is 297 g/mol. The number of carbonyl (C=O) groups excluding carboxylic acids is 1. The molecule has 4 nitrogen and oxygen atoms in total. The third-order valence-electron chi connectivity index (χ3n) is 4.83. The highest BCUT2D eigenvalue weighted by molar-refractivity contribution is 6.53. The molecule has 118 valence electrons. The normalized spacial score (nSPS) is 26.5. The van der Waals surface area contributed by atoms with E-state index in [0.717, 1.165) is 5.57 Å². The zero-order chi connectivity index (χ0) is 16.0. The van der Waals surface area contributed by atoms with Crippen LogP contribution in [0.3, 0.4) is 0 Å². The van der Waals surface area contributed by atoms with Crippen molar-refractivity contribution in [2.24, 2.45) is 5.92 Å². The van der Waals surface area contributed by atoms with E-state index in [-0.39, 0.29) is 17.6 Å². The van der Waals surface area contributed by atoms with Crippen molar-refractivity contribution in [2.75, 3.05) is 14.1 Å². The lowest BCUT2D eigenvalue weighted by molar-refractivity contribution is -0.129. The molecule has 0 unspecified atom stereocenters. The van der Waals surface area contributed by atoms with Crippen molar-refractivity contribution in [1.82, 2.24) is 4.90 Å². The molecule has 2 rings (SSSR count). The molecule has 0 aromatic rings. The van der Waals surface area contributed by atoms with Gasteiger partial charge in [0.1, 0.15) is 5.73 Å². The largest absolute Gasteiger partial charge is 0.525 e. The summed E-state index contributed by atoms with van der Waals surface area (Å²) in [6.07, 6.45) is 1.72. The topological polar surface area (TPSA) is 38.8 Å². The number of halogens is 1. The van der Waals surface area contributed by atoms with Crippen LogP contribution >= 0.6 is 0 Å². The van der Waals surface area contributed by atoms with Crippen LogP contribution in [0.2, 0.25) is 0 Å². The van der Waals surface area contributed by atoms with E-state index in [2.05, 4.69) is 0 Å². The lowest BCUT2D eigenvalue weighted by Gasteiger charge is -2.32. The number of amides is 1. The minimum absolute atomic E-state index is 0.0927. The molecule has 6 heteroatoms. The van der Waals surface area contributed by atoms with Gasteiger partial charge in [0.2, 0.25) is 5.91 Å². The van der Waals surface area contributed by atoms with Crippen molar-refractivity contribution >= 4 is 13.0 Å². The molecule has 0 aromatic heterocycles. The highest BCUT2D eigenvalue weighted by Crippen LogP contribution is 2.43. The lowest BCUT2D eigenvalue weighted by atomic mass is 9.71. The van der Waals surface area contributed by atoms with Crippen molar-refractivity contribution < 1.29 is 18.5 Å². The number of hydrogen-bond donors (Lipinski definition) is 0. The van der Waals surface area contributed by atoms with Gasteiger partial charge in [-0.1, -0.05) is 0 Å². The summed E-state index contributed by atoms with van der Waals surface area (Å²) in [4.78, 5) is 13.2. The summed E-state index contributed by atoms with van der Waals surface area (Å²) in [6.45, 7) is 7.63. The van der Waals surface area contributed by atoms with Crippen LogP contribution in [0.15, 0.2) is 11.3 Å². The van der Waals surface area contributed by atoms with Gasteiger partial charge in [-0.25, -0.2) is 4.39 Å². The van der Waals surface area contributed by atoms with Gasteiger partial charge < -0.3 is 14.2 Å². The van der Waals surface area contributed by atoms with E-state index >= 15 is 0 Å². The molecule has 1 amide bonds. The van der Waals surface area contributed by atoms with Gasteiger partial charge in [-0.3, -0.25) is 4.79 Å². The van der Waals surface area contributed by atoms with Crippen LogP contribution in [0.1, 0.15) is 47.0 Å². The Morgan fingerprint density at radius 2 is 1.71 bits per heavy atom. The summed E-state index contributed by atoms with van der Waals surface area (Å²) < 4.78 is 25.9. The average molecular weight is 297 g/mol. The first kappa shape index (κ1) is 16.5. The van der Waals surface area contributed by atoms with Gasteiger partial charge in [-0.05, 0) is 52.0 Å². The Bertz CT molecular complexity index is 450. The van der Waals surface area contributed by atoms with Gasteiger partial charge in [0.05, 0.1) is 11.2 Å².